The van der Waals surface area contributed by atoms with Crippen LogP contribution in [0.4, 0.5) is 4.39 Å². The average molecular weight is 325 g/mol. The SMILES string of the molecule is Fc1ccc(-[c-]2cccc2)cc1.[Ru+2].c1cc[cH-]c1. The molecule has 0 amide bonds. The summed E-state index contributed by atoms with van der Waals surface area (Å²) in [6, 6.07) is 24.5. The van der Waals surface area contributed by atoms with Crippen LogP contribution in [0.2, 0.25) is 0 Å². The second-order valence-electron chi connectivity index (χ2n) is 3.64. The first-order chi connectivity index (χ1) is 8.36. The van der Waals surface area contributed by atoms with E-state index in [-0.39, 0.29) is 25.3 Å². The summed E-state index contributed by atoms with van der Waals surface area (Å²) < 4.78 is 12.5. The standard InChI is InChI=1S/C11H8F.C5H5.Ru/c12-11-7-5-10(6-8-11)9-3-1-2-4-9;1-2-4-5-3-1;/h1-8H;1-5H;/q2*-1;+2. The Balaban J connectivity index is 0.000000230. The van der Waals surface area contributed by atoms with Crippen LogP contribution in [0, 0.1) is 5.82 Å². The predicted octanol–water partition coefficient (Wildman–Crippen LogP) is 4.61. The van der Waals surface area contributed by atoms with Gasteiger partial charge in [0.2, 0.25) is 0 Å². The summed E-state index contributed by atoms with van der Waals surface area (Å²) in [5.41, 5.74) is 2.19. The van der Waals surface area contributed by atoms with Crippen LogP contribution in [0.15, 0.2) is 78.9 Å². The van der Waals surface area contributed by atoms with Gasteiger partial charge in [-0.15, -0.1) is 29.8 Å². The average Bonchev–Trinajstić information content (AvgIpc) is 3.06. The molecule has 3 rings (SSSR count). The molecule has 0 aromatic heterocycles. The molecule has 0 aliphatic heterocycles. The van der Waals surface area contributed by atoms with Crippen molar-refractivity contribution in [3.8, 4) is 11.1 Å². The van der Waals surface area contributed by atoms with Crippen molar-refractivity contribution in [2.45, 2.75) is 0 Å². The fourth-order valence-electron chi connectivity index (χ4n) is 1.53. The molecule has 0 aliphatic rings. The normalized spacial score (nSPS) is 8.94. The molecule has 0 atom stereocenters. The largest absolute Gasteiger partial charge is 2.00 e. The first-order valence-corrected chi connectivity index (χ1v) is 5.50. The minimum Gasteiger partial charge on any atom is -0.214 e. The number of halogens is 1. The van der Waals surface area contributed by atoms with Gasteiger partial charge >= 0.3 is 19.5 Å². The molecule has 0 aliphatic carbocycles. The van der Waals surface area contributed by atoms with Gasteiger partial charge in [-0.05, 0) is 0 Å². The molecule has 0 unspecified atom stereocenters. The van der Waals surface area contributed by atoms with Crippen molar-refractivity contribution in [3.05, 3.63) is 84.7 Å². The molecule has 0 saturated carbocycles. The summed E-state index contributed by atoms with van der Waals surface area (Å²) in [6.07, 6.45) is 0. The van der Waals surface area contributed by atoms with E-state index in [9.17, 15) is 4.39 Å². The monoisotopic (exact) mass is 326 g/mol. The van der Waals surface area contributed by atoms with Gasteiger partial charge in [-0.25, -0.2) is 16.5 Å². The Morgan fingerprint density at radius 3 is 1.83 bits per heavy atom. The van der Waals surface area contributed by atoms with Gasteiger partial charge in [0.25, 0.3) is 0 Å². The van der Waals surface area contributed by atoms with Crippen molar-refractivity contribution in [2.75, 3.05) is 0 Å². The Kier molecular flexibility index (Phi) is 6.24. The Bertz CT molecular complexity index is 490. The Morgan fingerprint density at radius 1 is 0.833 bits per heavy atom. The second kappa shape index (κ2) is 7.73. The number of benzene rings is 1. The van der Waals surface area contributed by atoms with E-state index in [0.29, 0.717) is 0 Å². The zero-order valence-corrected chi connectivity index (χ0v) is 11.5. The molecular formula is C16H13FRu. The maximum Gasteiger partial charge on any atom is 2.00 e. The Labute approximate surface area is 120 Å². The fraction of sp³-hybridized carbons (Fsp3) is 0. The summed E-state index contributed by atoms with van der Waals surface area (Å²) >= 11 is 0. The third-order valence-corrected chi connectivity index (χ3v) is 2.40. The minimum absolute atomic E-state index is 0. The first-order valence-electron chi connectivity index (χ1n) is 5.50. The number of hydrogen-bond donors (Lipinski definition) is 0. The third-order valence-electron chi connectivity index (χ3n) is 2.40. The quantitative estimate of drug-likeness (QED) is 0.452. The van der Waals surface area contributed by atoms with E-state index in [1.807, 2.05) is 54.6 Å². The summed E-state index contributed by atoms with van der Waals surface area (Å²) in [7, 11) is 0. The fourth-order valence-corrected chi connectivity index (χ4v) is 1.53. The summed E-state index contributed by atoms with van der Waals surface area (Å²) in [4.78, 5) is 0. The van der Waals surface area contributed by atoms with Crippen LogP contribution in [0.25, 0.3) is 11.1 Å². The van der Waals surface area contributed by atoms with Crippen LogP contribution in [-0.4, -0.2) is 0 Å². The van der Waals surface area contributed by atoms with Crippen molar-refractivity contribution in [2.24, 2.45) is 0 Å². The van der Waals surface area contributed by atoms with E-state index in [1.165, 1.54) is 12.1 Å². The third kappa shape index (κ3) is 4.39. The number of rotatable bonds is 1. The summed E-state index contributed by atoms with van der Waals surface area (Å²) in [6.45, 7) is 0. The molecule has 0 heterocycles. The van der Waals surface area contributed by atoms with Gasteiger partial charge < -0.3 is 0 Å². The van der Waals surface area contributed by atoms with Crippen LogP contribution in [0.5, 0.6) is 0 Å². The molecule has 0 saturated heterocycles. The summed E-state index contributed by atoms with van der Waals surface area (Å²) in [5, 5.41) is 0. The van der Waals surface area contributed by atoms with Crippen LogP contribution in [0.3, 0.4) is 0 Å². The van der Waals surface area contributed by atoms with E-state index < -0.39 is 0 Å². The van der Waals surface area contributed by atoms with Gasteiger partial charge in [-0.1, -0.05) is 17.7 Å². The van der Waals surface area contributed by atoms with Gasteiger partial charge in [-0.2, -0.15) is 30.3 Å². The van der Waals surface area contributed by atoms with Gasteiger partial charge in [0.15, 0.2) is 0 Å². The van der Waals surface area contributed by atoms with E-state index in [4.69, 9.17) is 0 Å². The van der Waals surface area contributed by atoms with E-state index in [2.05, 4.69) is 0 Å². The maximum absolute atomic E-state index is 12.5. The number of hydrogen-bond acceptors (Lipinski definition) is 0. The maximum atomic E-state index is 12.5. The molecule has 3 aromatic rings. The topological polar surface area (TPSA) is 0 Å². The molecule has 0 N–H and O–H groups in total. The molecule has 0 fully saturated rings. The van der Waals surface area contributed by atoms with E-state index in [0.717, 1.165) is 11.1 Å². The molecule has 18 heavy (non-hydrogen) atoms. The van der Waals surface area contributed by atoms with Crippen LogP contribution in [-0.2, 0) is 19.5 Å². The zero-order valence-electron chi connectivity index (χ0n) is 9.74. The Hall–Kier alpha value is -1.53. The molecule has 0 radical (unpaired) electrons. The molecule has 3 aromatic carbocycles. The van der Waals surface area contributed by atoms with Crippen molar-refractivity contribution in [1.29, 1.82) is 0 Å². The summed E-state index contributed by atoms with van der Waals surface area (Å²) in [5.74, 6) is -0.190. The Morgan fingerprint density at radius 2 is 1.39 bits per heavy atom. The van der Waals surface area contributed by atoms with Gasteiger partial charge in [0.05, 0.1) is 0 Å². The van der Waals surface area contributed by atoms with Gasteiger partial charge in [0.1, 0.15) is 5.82 Å². The predicted molar refractivity (Wildman–Crippen MR) is 69.5 cm³/mol. The molecule has 0 spiro atoms. The van der Waals surface area contributed by atoms with Gasteiger partial charge in [0, 0.05) is 0 Å². The van der Waals surface area contributed by atoms with Crippen molar-refractivity contribution in [1.82, 2.24) is 0 Å². The van der Waals surface area contributed by atoms with E-state index >= 15 is 0 Å². The minimum atomic E-state index is -0.190. The molecule has 2 heteroatoms. The van der Waals surface area contributed by atoms with Crippen molar-refractivity contribution in [3.63, 3.8) is 0 Å². The molecule has 92 valence electrons. The zero-order chi connectivity index (χ0) is 11.9. The smallest absolute Gasteiger partial charge is 0.214 e. The van der Waals surface area contributed by atoms with Crippen LogP contribution < -0.4 is 0 Å². The van der Waals surface area contributed by atoms with Gasteiger partial charge in [-0.3, -0.25) is 0 Å². The van der Waals surface area contributed by atoms with Crippen LogP contribution in [0.1, 0.15) is 0 Å². The van der Waals surface area contributed by atoms with Crippen molar-refractivity contribution >= 4 is 0 Å². The first kappa shape index (κ1) is 14.5. The van der Waals surface area contributed by atoms with Crippen molar-refractivity contribution < 1.29 is 23.9 Å². The van der Waals surface area contributed by atoms with Crippen LogP contribution >= 0.6 is 0 Å². The molecule has 0 bridgehead atoms. The molecular weight excluding hydrogens is 312 g/mol. The second-order valence-corrected chi connectivity index (χ2v) is 3.64. The van der Waals surface area contributed by atoms with E-state index in [1.54, 1.807) is 12.1 Å². The molecule has 0 nitrogen and oxygen atoms in total.